The second-order valence-corrected chi connectivity index (χ2v) is 4.76. The summed E-state index contributed by atoms with van der Waals surface area (Å²) in [4.78, 5) is 3.84. The maximum absolute atomic E-state index is 13.7. The molecule has 1 aromatic carbocycles. The molecule has 2 aromatic rings. The van der Waals surface area contributed by atoms with Gasteiger partial charge in [-0.1, -0.05) is 15.9 Å². The van der Waals surface area contributed by atoms with Crippen molar-refractivity contribution in [2.24, 2.45) is 0 Å². The Bertz CT molecular complexity index is 584. The molecule has 6 heteroatoms. The van der Waals surface area contributed by atoms with E-state index in [-0.39, 0.29) is 10.0 Å². The minimum atomic E-state index is -1.45. The van der Waals surface area contributed by atoms with Gasteiger partial charge in [-0.3, -0.25) is 4.98 Å². The molecule has 1 atom stereocenters. The van der Waals surface area contributed by atoms with Crippen LogP contribution in [0, 0.1) is 11.6 Å². The molecule has 2 rings (SSSR count). The molecule has 0 bridgehead atoms. The number of aliphatic hydroxyl groups is 1. The number of aliphatic hydroxyl groups excluding tert-OH is 1. The van der Waals surface area contributed by atoms with Gasteiger partial charge >= 0.3 is 0 Å². The Morgan fingerprint density at radius 1 is 1.21 bits per heavy atom. The molecule has 19 heavy (non-hydrogen) atoms. The van der Waals surface area contributed by atoms with E-state index in [4.69, 9.17) is 4.74 Å². The summed E-state index contributed by atoms with van der Waals surface area (Å²) in [6, 6.07) is 3.66. The Morgan fingerprint density at radius 2 is 1.84 bits per heavy atom. The van der Waals surface area contributed by atoms with Crippen LogP contribution in [0.5, 0.6) is 5.75 Å². The highest BCUT2D eigenvalue weighted by Gasteiger charge is 2.21. The third-order valence-corrected chi connectivity index (χ3v) is 3.06. The highest BCUT2D eigenvalue weighted by atomic mass is 79.9. The fraction of sp³-hybridized carbons (Fsp3) is 0.154. The van der Waals surface area contributed by atoms with Crippen molar-refractivity contribution < 1.29 is 18.6 Å². The summed E-state index contributed by atoms with van der Waals surface area (Å²) in [5.41, 5.74) is -0.169. The first-order valence-corrected chi connectivity index (χ1v) is 6.13. The molecule has 0 aliphatic carbocycles. The molecule has 1 aromatic heterocycles. The second-order valence-electron chi connectivity index (χ2n) is 3.84. The van der Waals surface area contributed by atoms with Crippen molar-refractivity contribution in [3.63, 3.8) is 0 Å². The van der Waals surface area contributed by atoms with E-state index in [1.807, 2.05) is 0 Å². The van der Waals surface area contributed by atoms with E-state index in [9.17, 15) is 13.9 Å². The van der Waals surface area contributed by atoms with Crippen molar-refractivity contribution in [2.45, 2.75) is 6.10 Å². The summed E-state index contributed by atoms with van der Waals surface area (Å²) < 4.78 is 32.7. The zero-order chi connectivity index (χ0) is 14.0. The number of hydrogen-bond acceptors (Lipinski definition) is 3. The molecule has 0 aliphatic rings. The first-order chi connectivity index (χ1) is 9.02. The summed E-state index contributed by atoms with van der Waals surface area (Å²) in [7, 11) is 1.44. The van der Waals surface area contributed by atoms with E-state index in [1.165, 1.54) is 25.6 Å². The van der Waals surface area contributed by atoms with E-state index in [0.717, 1.165) is 12.1 Å². The Morgan fingerprint density at radius 3 is 2.42 bits per heavy atom. The van der Waals surface area contributed by atoms with Crippen LogP contribution in [0.3, 0.4) is 0 Å². The average Bonchev–Trinajstić information content (AvgIpc) is 2.37. The fourth-order valence-corrected chi connectivity index (χ4v) is 2.08. The van der Waals surface area contributed by atoms with Gasteiger partial charge in [0, 0.05) is 16.2 Å². The fourth-order valence-electron chi connectivity index (χ4n) is 1.68. The van der Waals surface area contributed by atoms with Gasteiger partial charge in [0.05, 0.1) is 18.9 Å². The molecular weight excluding hydrogens is 320 g/mol. The standard InChI is InChI=1S/C13H10BrF2NO2/c1-19-9-2-7(5-17-6-9)13(18)12-10(15)3-8(14)4-11(12)16/h2-6,13,18H,1H3. The van der Waals surface area contributed by atoms with E-state index in [0.29, 0.717) is 5.75 Å². The maximum Gasteiger partial charge on any atom is 0.137 e. The van der Waals surface area contributed by atoms with Crippen LogP contribution in [0.15, 0.2) is 35.1 Å². The van der Waals surface area contributed by atoms with E-state index >= 15 is 0 Å². The minimum absolute atomic E-state index is 0.250. The highest BCUT2D eigenvalue weighted by molar-refractivity contribution is 9.10. The monoisotopic (exact) mass is 329 g/mol. The van der Waals surface area contributed by atoms with Crippen LogP contribution in [-0.4, -0.2) is 17.2 Å². The Labute approximate surface area is 117 Å². The van der Waals surface area contributed by atoms with Gasteiger partial charge in [-0.15, -0.1) is 0 Å². The topological polar surface area (TPSA) is 42.4 Å². The average molecular weight is 330 g/mol. The van der Waals surface area contributed by atoms with E-state index < -0.39 is 23.3 Å². The molecule has 0 fully saturated rings. The molecule has 0 saturated carbocycles. The first-order valence-electron chi connectivity index (χ1n) is 5.34. The number of hydrogen-bond donors (Lipinski definition) is 1. The van der Waals surface area contributed by atoms with Gasteiger partial charge in [-0.2, -0.15) is 0 Å². The van der Waals surface area contributed by atoms with E-state index in [1.54, 1.807) is 0 Å². The molecular formula is C13H10BrF2NO2. The van der Waals surface area contributed by atoms with Crippen LogP contribution in [-0.2, 0) is 0 Å². The number of benzene rings is 1. The van der Waals surface area contributed by atoms with Crippen LogP contribution in [0.1, 0.15) is 17.2 Å². The molecule has 3 nitrogen and oxygen atoms in total. The maximum atomic E-state index is 13.7. The summed E-state index contributed by atoms with van der Waals surface area (Å²) in [6.07, 6.45) is 1.31. The summed E-state index contributed by atoms with van der Waals surface area (Å²) >= 11 is 2.98. The van der Waals surface area contributed by atoms with Crippen molar-refractivity contribution >= 4 is 15.9 Å². The summed E-state index contributed by atoms with van der Waals surface area (Å²) in [6.45, 7) is 0. The SMILES string of the molecule is COc1cncc(C(O)c2c(F)cc(Br)cc2F)c1. The number of ether oxygens (including phenoxy) is 1. The number of nitrogens with zero attached hydrogens (tertiary/aromatic N) is 1. The lowest BCUT2D eigenvalue weighted by Crippen LogP contribution is -2.06. The van der Waals surface area contributed by atoms with Gasteiger partial charge in [0.1, 0.15) is 23.5 Å². The van der Waals surface area contributed by atoms with Crippen LogP contribution < -0.4 is 4.74 Å². The predicted molar refractivity (Wildman–Crippen MR) is 68.9 cm³/mol. The van der Waals surface area contributed by atoms with Crippen LogP contribution >= 0.6 is 15.9 Å². The highest BCUT2D eigenvalue weighted by Crippen LogP contribution is 2.30. The zero-order valence-corrected chi connectivity index (χ0v) is 11.5. The lowest BCUT2D eigenvalue weighted by atomic mass is 10.0. The van der Waals surface area contributed by atoms with Gasteiger partial charge in [-0.25, -0.2) is 8.78 Å². The zero-order valence-electron chi connectivity index (χ0n) is 9.90. The first kappa shape index (κ1) is 13.9. The van der Waals surface area contributed by atoms with Gasteiger partial charge in [0.2, 0.25) is 0 Å². The molecule has 1 N–H and O–H groups in total. The third kappa shape index (κ3) is 2.90. The molecule has 0 amide bonds. The molecule has 1 heterocycles. The molecule has 0 aliphatic heterocycles. The molecule has 0 saturated heterocycles. The van der Waals surface area contributed by atoms with Crippen molar-refractivity contribution in [2.75, 3.05) is 7.11 Å². The Hall–Kier alpha value is -1.53. The summed E-state index contributed by atoms with van der Waals surface area (Å²) in [5.74, 6) is -1.26. The quantitative estimate of drug-likeness (QED) is 0.940. The number of halogens is 3. The van der Waals surface area contributed by atoms with Crippen molar-refractivity contribution in [1.82, 2.24) is 4.98 Å². The smallest absolute Gasteiger partial charge is 0.137 e. The number of aromatic nitrogens is 1. The lowest BCUT2D eigenvalue weighted by Gasteiger charge is -2.14. The van der Waals surface area contributed by atoms with Crippen LogP contribution in [0.4, 0.5) is 8.78 Å². The minimum Gasteiger partial charge on any atom is -0.495 e. The molecule has 0 spiro atoms. The lowest BCUT2D eigenvalue weighted by molar-refractivity contribution is 0.208. The molecule has 0 radical (unpaired) electrons. The van der Waals surface area contributed by atoms with Crippen molar-refractivity contribution in [3.05, 3.63) is 57.8 Å². The predicted octanol–water partition coefficient (Wildman–Crippen LogP) is 3.21. The number of pyridine rings is 1. The Balaban J connectivity index is 2.46. The number of rotatable bonds is 3. The van der Waals surface area contributed by atoms with Gasteiger partial charge in [-0.05, 0) is 18.2 Å². The molecule has 1 unspecified atom stereocenters. The van der Waals surface area contributed by atoms with Crippen LogP contribution in [0.25, 0.3) is 0 Å². The normalized spacial score (nSPS) is 12.3. The van der Waals surface area contributed by atoms with E-state index in [2.05, 4.69) is 20.9 Å². The van der Waals surface area contributed by atoms with Crippen molar-refractivity contribution in [3.8, 4) is 5.75 Å². The Kier molecular flexibility index (Phi) is 4.11. The third-order valence-electron chi connectivity index (χ3n) is 2.60. The van der Waals surface area contributed by atoms with Crippen LogP contribution in [0.2, 0.25) is 0 Å². The van der Waals surface area contributed by atoms with Gasteiger partial charge in [0.15, 0.2) is 0 Å². The largest absolute Gasteiger partial charge is 0.495 e. The van der Waals surface area contributed by atoms with Crippen molar-refractivity contribution in [1.29, 1.82) is 0 Å². The second kappa shape index (κ2) is 5.63. The number of methoxy groups -OCH3 is 1. The van der Waals surface area contributed by atoms with Gasteiger partial charge in [0.25, 0.3) is 0 Å². The summed E-state index contributed by atoms with van der Waals surface area (Å²) in [5, 5.41) is 10.1. The molecule has 100 valence electrons. The van der Waals surface area contributed by atoms with Gasteiger partial charge < -0.3 is 9.84 Å².